The van der Waals surface area contributed by atoms with Crippen LogP contribution in [0.2, 0.25) is 15.1 Å². The summed E-state index contributed by atoms with van der Waals surface area (Å²) < 4.78 is 0. The molecule has 0 unspecified atom stereocenters. The van der Waals surface area contributed by atoms with Crippen LogP contribution in [0.25, 0.3) is 0 Å². The maximum absolute atomic E-state index is 12.5. The highest BCUT2D eigenvalue weighted by atomic mass is 35.5. The molecule has 132 valence electrons. The minimum Gasteiger partial charge on any atom is -0.338 e. The molecule has 0 radical (unpaired) electrons. The molecule has 1 fully saturated rings. The lowest BCUT2D eigenvalue weighted by molar-refractivity contribution is -0.121. The number of amides is 2. The first-order valence-corrected chi connectivity index (χ1v) is 9.75. The molecule has 1 aliphatic heterocycles. The van der Waals surface area contributed by atoms with E-state index in [-0.39, 0.29) is 17.7 Å². The Labute approximate surface area is 164 Å². The number of hydrogen-bond acceptors (Lipinski definition) is 3. The van der Waals surface area contributed by atoms with Gasteiger partial charge in [0.15, 0.2) is 0 Å². The number of nitrogens with zero attached hydrogens (tertiary/aromatic N) is 1. The average molecular weight is 418 g/mol. The Kier molecular flexibility index (Phi) is 5.89. The average Bonchev–Trinajstić information content (AvgIpc) is 3.13. The van der Waals surface area contributed by atoms with E-state index >= 15 is 0 Å². The molecule has 0 atom stereocenters. The fraction of sp³-hybridized carbons (Fsp3) is 0.294. The number of nitrogens with one attached hydrogen (secondary N) is 1. The lowest BCUT2D eigenvalue weighted by Crippen LogP contribution is -2.41. The molecule has 4 nitrogen and oxygen atoms in total. The van der Waals surface area contributed by atoms with Gasteiger partial charge in [-0.1, -0.05) is 40.9 Å². The van der Waals surface area contributed by atoms with E-state index < -0.39 is 0 Å². The number of carbonyl (C=O) groups excluding carboxylic acids is 2. The summed E-state index contributed by atoms with van der Waals surface area (Å²) in [5, 5.41) is 5.70. The molecule has 0 aliphatic carbocycles. The lowest BCUT2D eigenvalue weighted by Gasteiger charge is -2.31. The number of hydrogen-bond donors (Lipinski definition) is 1. The zero-order valence-electron chi connectivity index (χ0n) is 13.1. The van der Waals surface area contributed by atoms with Gasteiger partial charge in [0.25, 0.3) is 5.91 Å². The SMILES string of the molecule is O=C(Nc1cc(Cl)c(Cl)cc1Cl)C1CCN(C(=O)c2cccs2)CC1. The van der Waals surface area contributed by atoms with Gasteiger partial charge in [-0.3, -0.25) is 9.59 Å². The summed E-state index contributed by atoms with van der Waals surface area (Å²) in [7, 11) is 0. The third-order valence-electron chi connectivity index (χ3n) is 4.15. The van der Waals surface area contributed by atoms with Crippen LogP contribution in [0.4, 0.5) is 5.69 Å². The van der Waals surface area contributed by atoms with E-state index in [0.717, 1.165) is 4.88 Å². The van der Waals surface area contributed by atoms with Gasteiger partial charge in [-0.25, -0.2) is 0 Å². The van der Waals surface area contributed by atoms with Crippen LogP contribution in [0, 0.1) is 5.92 Å². The van der Waals surface area contributed by atoms with Gasteiger partial charge in [-0.2, -0.15) is 0 Å². The molecule has 0 saturated carbocycles. The summed E-state index contributed by atoms with van der Waals surface area (Å²) in [5.74, 6) is -0.261. The van der Waals surface area contributed by atoms with Crippen molar-refractivity contribution in [2.24, 2.45) is 5.92 Å². The highest BCUT2D eigenvalue weighted by molar-refractivity contribution is 7.12. The maximum atomic E-state index is 12.5. The highest BCUT2D eigenvalue weighted by Gasteiger charge is 2.28. The second-order valence-electron chi connectivity index (χ2n) is 5.78. The topological polar surface area (TPSA) is 49.4 Å². The first-order chi connectivity index (χ1) is 12.0. The molecule has 0 spiro atoms. The molecular formula is C17H15Cl3N2O2S. The first-order valence-electron chi connectivity index (χ1n) is 7.74. The molecule has 3 rings (SSSR count). The van der Waals surface area contributed by atoms with Crippen molar-refractivity contribution in [3.05, 3.63) is 49.6 Å². The van der Waals surface area contributed by atoms with E-state index in [4.69, 9.17) is 34.8 Å². The van der Waals surface area contributed by atoms with E-state index in [1.165, 1.54) is 17.4 Å². The Bertz CT molecular complexity index is 787. The van der Waals surface area contributed by atoms with Gasteiger partial charge in [0.05, 0.1) is 25.6 Å². The van der Waals surface area contributed by atoms with E-state index in [0.29, 0.717) is 46.7 Å². The molecule has 1 aliphatic rings. The number of halogens is 3. The Balaban J connectivity index is 1.59. The van der Waals surface area contributed by atoms with Gasteiger partial charge >= 0.3 is 0 Å². The van der Waals surface area contributed by atoms with Crippen LogP contribution in [0.1, 0.15) is 22.5 Å². The van der Waals surface area contributed by atoms with E-state index in [1.807, 2.05) is 17.5 Å². The summed E-state index contributed by atoms with van der Waals surface area (Å²) in [5.41, 5.74) is 0.443. The largest absolute Gasteiger partial charge is 0.338 e. The molecule has 1 aromatic carbocycles. The Morgan fingerprint density at radius 3 is 2.40 bits per heavy atom. The minimum absolute atomic E-state index is 0.0291. The highest BCUT2D eigenvalue weighted by Crippen LogP contribution is 2.33. The monoisotopic (exact) mass is 416 g/mol. The predicted molar refractivity (Wildman–Crippen MR) is 103 cm³/mol. The number of rotatable bonds is 3. The van der Waals surface area contributed by atoms with Gasteiger partial charge in [-0.05, 0) is 36.4 Å². The van der Waals surface area contributed by atoms with Crippen molar-refractivity contribution in [3.8, 4) is 0 Å². The van der Waals surface area contributed by atoms with Gasteiger partial charge in [0, 0.05) is 19.0 Å². The smallest absolute Gasteiger partial charge is 0.263 e. The van der Waals surface area contributed by atoms with Crippen molar-refractivity contribution in [3.63, 3.8) is 0 Å². The number of carbonyl (C=O) groups is 2. The summed E-state index contributed by atoms with van der Waals surface area (Å²) in [6.45, 7) is 1.12. The van der Waals surface area contributed by atoms with Crippen molar-refractivity contribution in [1.82, 2.24) is 4.90 Å². The van der Waals surface area contributed by atoms with Crippen molar-refractivity contribution >= 4 is 63.6 Å². The molecule has 2 heterocycles. The molecule has 1 aromatic heterocycles. The molecule has 25 heavy (non-hydrogen) atoms. The molecule has 1 N–H and O–H groups in total. The molecular weight excluding hydrogens is 403 g/mol. The third-order valence-corrected chi connectivity index (χ3v) is 6.05. The van der Waals surface area contributed by atoms with Crippen LogP contribution in [-0.2, 0) is 4.79 Å². The Morgan fingerprint density at radius 2 is 1.76 bits per heavy atom. The standard InChI is InChI=1S/C17H15Cl3N2O2S/c18-11-8-13(20)14(9-12(11)19)21-16(23)10-3-5-22(6-4-10)17(24)15-2-1-7-25-15/h1-2,7-10H,3-6H2,(H,21,23). The fourth-order valence-corrected chi connectivity index (χ4v) is 4.04. The second kappa shape index (κ2) is 7.96. The lowest BCUT2D eigenvalue weighted by atomic mass is 9.95. The second-order valence-corrected chi connectivity index (χ2v) is 7.95. The maximum Gasteiger partial charge on any atom is 0.263 e. The molecule has 8 heteroatoms. The Hall–Kier alpha value is -1.27. The van der Waals surface area contributed by atoms with Crippen LogP contribution in [-0.4, -0.2) is 29.8 Å². The zero-order chi connectivity index (χ0) is 18.0. The predicted octanol–water partition coefficient (Wildman–Crippen LogP) is 5.20. The van der Waals surface area contributed by atoms with Crippen molar-refractivity contribution < 1.29 is 9.59 Å². The van der Waals surface area contributed by atoms with Crippen molar-refractivity contribution in [2.75, 3.05) is 18.4 Å². The van der Waals surface area contributed by atoms with E-state index in [1.54, 1.807) is 11.0 Å². The van der Waals surface area contributed by atoms with Crippen LogP contribution in [0.3, 0.4) is 0 Å². The quantitative estimate of drug-likeness (QED) is 0.698. The number of piperidine rings is 1. The van der Waals surface area contributed by atoms with Gasteiger partial charge in [0.2, 0.25) is 5.91 Å². The third kappa shape index (κ3) is 4.29. The van der Waals surface area contributed by atoms with Crippen molar-refractivity contribution in [1.29, 1.82) is 0 Å². The van der Waals surface area contributed by atoms with Crippen LogP contribution < -0.4 is 5.32 Å². The molecule has 2 aromatic rings. The van der Waals surface area contributed by atoms with Gasteiger partial charge in [0.1, 0.15) is 0 Å². The zero-order valence-corrected chi connectivity index (χ0v) is 16.2. The van der Waals surface area contributed by atoms with E-state index in [2.05, 4.69) is 5.32 Å². The Morgan fingerprint density at radius 1 is 1.08 bits per heavy atom. The van der Waals surface area contributed by atoms with Crippen LogP contribution in [0.15, 0.2) is 29.6 Å². The summed E-state index contributed by atoms with van der Waals surface area (Å²) in [6.07, 6.45) is 1.23. The van der Waals surface area contributed by atoms with Crippen molar-refractivity contribution in [2.45, 2.75) is 12.8 Å². The summed E-state index contributed by atoms with van der Waals surface area (Å²) in [4.78, 5) is 27.3. The number of likely N-dealkylation sites (tertiary alicyclic amines) is 1. The van der Waals surface area contributed by atoms with Crippen LogP contribution >= 0.6 is 46.1 Å². The minimum atomic E-state index is -0.169. The normalized spacial score (nSPS) is 15.2. The molecule has 1 saturated heterocycles. The number of benzene rings is 1. The summed E-state index contributed by atoms with van der Waals surface area (Å²) >= 11 is 19.4. The fourth-order valence-electron chi connectivity index (χ4n) is 2.75. The molecule has 0 bridgehead atoms. The van der Waals surface area contributed by atoms with Gasteiger partial charge < -0.3 is 10.2 Å². The van der Waals surface area contributed by atoms with Gasteiger partial charge in [-0.15, -0.1) is 11.3 Å². The molecule has 2 amide bonds. The number of thiophene rings is 1. The first kappa shape index (κ1) is 18.5. The summed E-state index contributed by atoms with van der Waals surface area (Å²) in [6, 6.07) is 6.72. The van der Waals surface area contributed by atoms with E-state index in [9.17, 15) is 9.59 Å². The number of anilines is 1. The van der Waals surface area contributed by atoms with Crippen LogP contribution in [0.5, 0.6) is 0 Å².